The number of thiocarbonyl (C=S) groups is 1. The Labute approximate surface area is 107 Å². The smallest absolute Gasteiger partial charge is 0.388 e. The van der Waals surface area contributed by atoms with E-state index in [2.05, 4.69) is 15.0 Å². The SMILES string of the molecule is NC(=S)c1cccc(NCCOCC(F)(F)F)n1. The third-order valence-corrected chi connectivity index (χ3v) is 2.03. The molecular formula is C10H12F3N3OS. The molecule has 3 N–H and O–H groups in total. The number of nitrogens with two attached hydrogens (primary N) is 1. The van der Waals surface area contributed by atoms with Gasteiger partial charge in [0.15, 0.2) is 0 Å². The highest BCUT2D eigenvalue weighted by Gasteiger charge is 2.27. The first-order valence-electron chi connectivity index (χ1n) is 5.04. The summed E-state index contributed by atoms with van der Waals surface area (Å²) in [6.07, 6.45) is -4.30. The molecule has 0 saturated carbocycles. The molecule has 0 fully saturated rings. The lowest BCUT2D eigenvalue weighted by Crippen LogP contribution is -2.20. The largest absolute Gasteiger partial charge is 0.411 e. The Morgan fingerprint density at radius 1 is 1.44 bits per heavy atom. The van der Waals surface area contributed by atoms with Gasteiger partial charge in [-0.1, -0.05) is 18.3 Å². The van der Waals surface area contributed by atoms with Crippen molar-refractivity contribution in [3.8, 4) is 0 Å². The van der Waals surface area contributed by atoms with E-state index in [0.717, 1.165) is 0 Å². The number of hydrogen-bond acceptors (Lipinski definition) is 4. The minimum atomic E-state index is -4.30. The second-order valence-corrected chi connectivity index (χ2v) is 3.81. The summed E-state index contributed by atoms with van der Waals surface area (Å²) in [5.41, 5.74) is 5.85. The molecule has 4 nitrogen and oxygen atoms in total. The van der Waals surface area contributed by atoms with Gasteiger partial charge in [-0.15, -0.1) is 0 Å². The van der Waals surface area contributed by atoms with Crippen LogP contribution in [0, 0.1) is 0 Å². The van der Waals surface area contributed by atoms with Gasteiger partial charge in [-0.05, 0) is 12.1 Å². The van der Waals surface area contributed by atoms with Crippen molar-refractivity contribution in [3.63, 3.8) is 0 Å². The Morgan fingerprint density at radius 2 is 2.17 bits per heavy atom. The molecule has 1 rings (SSSR count). The van der Waals surface area contributed by atoms with Crippen LogP contribution < -0.4 is 11.1 Å². The fraction of sp³-hybridized carbons (Fsp3) is 0.400. The standard InChI is InChI=1S/C10H12F3N3OS/c11-10(12,13)6-17-5-4-15-8-3-1-2-7(16-8)9(14)18/h1-3H,4-6H2,(H2,14,18)(H,15,16). The van der Waals surface area contributed by atoms with Gasteiger partial charge < -0.3 is 15.8 Å². The van der Waals surface area contributed by atoms with Crippen molar-refractivity contribution in [2.75, 3.05) is 25.1 Å². The molecule has 0 spiro atoms. The fourth-order valence-electron chi connectivity index (χ4n) is 1.11. The maximum absolute atomic E-state index is 11.8. The maximum Gasteiger partial charge on any atom is 0.411 e. The molecule has 1 aromatic rings. The molecule has 0 amide bonds. The van der Waals surface area contributed by atoms with Crippen LogP contribution in [0.4, 0.5) is 19.0 Å². The molecule has 0 radical (unpaired) electrons. The van der Waals surface area contributed by atoms with Gasteiger partial charge in [0.2, 0.25) is 0 Å². The molecule has 0 aliphatic rings. The van der Waals surface area contributed by atoms with E-state index < -0.39 is 12.8 Å². The van der Waals surface area contributed by atoms with Crippen LogP contribution in [-0.4, -0.2) is 35.9 Å². The Kier molecular flexibility index (Phi) is 5.29. The number of pyridine rings is 1. The molecule has 1 aromatic heterocycles. The van der Waals surface area contributed by atoms with Crippen molar-refractivity contribution in [2.24, 2.45) is 5.73 Å². The first-order valence-corrected chi connectivity index (χ1v) is 5.44. The number of ether oxygens (including phenoxy) is 1. The minimum absolute atomic E-state index is 0.0709. The Bertz CT molecular complexity index is 412. The Morgan fingerprint density at radius 3 is 2.78 bits per heavy atom. The Hall–Kier alpha value is -1.41. The number of nitrogens with one attached hydrogen (secondary N) is 1. The lowest BCUT2D eigenvalue weighted by Gasteiger charge is -2.09. The van der Waals surface area contributed by atoms with Crippen LogP contribution in [0.15, 0.2) is 18.2 Å². The molecule has 100 valence electrons. The van der Waals surface area contributed by atoms with Gasteiger partial charge in [0, 0.05) is 6.54 Å². The number of alkyl halides is 3. The first kappa shape index (κ1) is 14.7. The summed E-state index contributed by atoms with van der Waals surface area (Å²) in [6, 6.07) is 5.00. The lowest BCUT2D eigenvalue weighted by molar-refractivity contribution is -0.172. The molecule has 8 heteroatoms. The Balaban J connectivity index is 2.31. The molecule has 0 aliphatic heterocycles. The van der Waals surface area contributed by atoms with E-state index in [1.807, 2.05) is 0 Å². The highest BCUT2D eigenvalue weighted by atomic mass is 32.1. The number of halogens is 3. The average Bonchev–Trinajstić information content (AvgIpc) is 2.27. The maximum atomic E-state index is 11.8. The second-order valence-electron chi connectivity index (χ2n) is 3.37. The van der Waals surface area contributed by atoms with Crippen LogP contribution in [0.25, 0.3) is 0 Å². The molecule has 0 unspecified atom stereocenters. The average molecular weight is 279 g/mol. The normalized spacial score (nSPS) is 11.3. The third kappa shape index (κ3) is 5.78. The predicted molar refractivity (Wildman–Crippen MR) is 65.5 cm³/mol. The van der Waals surface area contributed by atoms with Crippen LogP contribution in [0.3, 0.4) is 0 Å². The van der Waals surface area contributed by atoms with Gasteiger partial charge in [-0.2, -0.15) is 13.2 Å². The van der Waals surface area contributed by atoms with Gasteiger partial charge in [-0.3, -0.25) is 0 Å². The van der Waals surface area contributed by atoms with Crippen LogP contribution in [0.2, 0.25) is 0 Å². The van der Waals surface area contributed by atoms with Crippen molar-refractivity contribution in [2.45, 2.75) is 6.18 Å². The van der Waals surface area contributed by atoms with Crippen LogP contribution in [0.1, 0.15) is 5.69 Å². The molecule has 18 heavy (non-hydrogen) atoms. The van der Waals surface area contributed by atoms with E-state index in [-0.39, 0.29) is 18.1 Å². The zero-order valence-corrected chi connectivity index (χ0v) is 10.1. The predicted octanol–water partition coefficient (Wildman–Crippen LogP) is 1.71. The van der Waals surface area contributed by atoms with Crippen LogP contribution in [-0.2, 0) is 4.74 Å². The summed E-state index contributed by atoms with van der Waals surface area (Å²) >= 11 is 4.75. The van der Waals surface area contributed by atoms with E-state index >= 15 is 0 Å². The molecular weight excluding hydrogens is 267 g/mol. The van der Waals surface area contributed by atoms with E-state index in [0.29, 0.717) is 11.5 Å². The summed E-state index contributed by atoms with van der Waals surface area (Å²) in [5.74, 6) is 0.482. The third-order valence-electron chi connectivity index (χ3n) is 1.82. The van der Waals surface area contributed by atoms with Crippen molar-refractivity contribution in [1.82, 2.24) is 4.98 Å². The summed E-state index contributed by atoms with van der Waals surface area (Å²) in [4.78, 5) is 4.22. The quantitative estimate of drug-likeness (QED) is 0.613. The number of hydrogen-bond donors (Lipinski definition) is 2. The number of rotatable bonds is 6. The van der Waals surface area contributed by atoms with Gasteiger partial charge in [0.25, 0.3) is 0 Å². The lowest BCUT2D eigenvalue weighted by atomic mass is 10.3. The van der Waals surface area contributed by atoms with E-state index in [9.17, 15) is 13.2 Å². The topological polar surface area (TPSA) is 60.2 Å². The summed E-state index contributed by atoms with van der Waals surface area (Å²) in [7, 11) is 0. The summed E-state index contributed by atoms with van der Waals surface area (Å²) in [5, 5.41) is 2.81. The molecule has 0 aliphatic carbocycles. The van der Waals surface area contributed by atoms with Crippen molar-refractivity contribution in [3.05, 3.63) is 23.9 Å². The second kappa shape index (κ2) is 6.50. The van der Waals surface area contributed by atoms with Crippen molar-refractivity contribution < 1.29 is 17.9 Å². The van der Waals surface area contributed by atoms with Crippen molar-refractivity contribution >= 4 is 23.0 Å². The molecule has 0 atom stereocenters. The molecule has 1 heterocycles. The van der Waals surface area contributed by atoms with E-state index in [1.165, 1.54) is 0 Å². The summed E-state index contributed by atoms with van der Waals surface area (Å²) in [6.45, 7) is -1.11. The van der Waals surface area contributed by atoms with Crippen LogP contribution in [0.5, 0.6) is 0 Å². The van der Waals surface area contributed by atoms with E-state index in [1.54, 1.807) is 18.2 Å². The van der Waals surface area contributed by atoms with Gasteiger partial charge in [-0.25, -0.2) is 4.98 Å². The highest BCUT2D eigenvalue weighted by molar-refractivity contribution is 7.80. The first-order chi connectivity index (χ1) is 8.38. The minimum Gasteiger partial charge on any atom is -0.388 e. The van der Waals surface area contributed by atoms with E-state index in [4.69, 9.17) is 18.0 Å². The number of anilines is 1. The molecule has 0 saturated heterocycles. The van der Waals surface area contributed by atoms with Crippen LogP contribution >= 0.6 is 12.2 Å². The number of aromatic nitrogens is 1. The monoisotopic (exact) mass is 279 g/mol. The fourth-order valence-corrected chi connectivity index (χ4v) is 1.22. The van der Waals surface area contributed by atoms with Crippen molar-refractivity contribution in [1.29, 1.82) is 0 Å². The molecule has 0 aromatic carbocycles. The van der Waals surface area contributed by atoms with Gasteiger partial charge >= 0.3 is 6.18 Å². The zero-order chi connectivity index (χ0) is 13.6. The van der Waals surface area contributed by atoms with Gasteiger partial charge in [0.1, 0.15) is 17.4 Å². The molecule has 0 bridgehead atoms. The highest BCUT2D eigenvalue weighted by Crippen LogP contribution is 2.14. The zero-order valence-electron chi connectivity index (χ0n) is 9.33. The van der Waals surface area contributed by atoms with Gasteiger partial charge in [0.05, 0.1) is 12.3 Å². The summed E-state index contributed by atoms with van der Waals surface area (Å²) < 4.78 is 39.7. The number of nitrogens with zero attached hydrogens (tertiary/aromatic N) is 1.